The van der Waals surface area contributed by atoms with Crippen LogP contribution in [0.4, 0.5) is 14.6 Å². The van der Waals surface area contributed by atoms with E-state index in [-0.39, 0.29) is 22.7 Å². The van der Waals surface area contributed by atoms with Crippen LogP contribution in [0.15, 0.2) is 29.2 Å². The summed E-state index contributed by atoms with van der Waals surface area (Å²) in [6, 6.07) is 6.92. The summed E-state index contributed by atoms with van der Waals surface area (Å²) < 4.78 is 41.1. The lowest BCUT2D eigenvalue weighted by Crippen LogP contribution is -2.30. The Bertz CT molecular complexity index is 1830. The van der Waals surface area contributed by atoms with Crippen LogP contribution in [0.1, 0.15) is 66.4 Å². The van der Waals surface area contributed by atoms with Crippen molar-refractivity contribution in [2.45, 2.75) is 83.5 Å². The Morgan fingerprint density at radius 1 is 0.977 bits per heavy atom. The predicted octanol–water partition coefficient (Wildman–Crippen LogP) is 6.17. The van der Waals surface area contributed by atoms with Gasteiger partial charge in [-0.2, -0.15) is 9.78 Å². The SMILES string of the molecule is CC(C)(C)OC(=O)n1nc(-c2cc3cc(CO)ccc3n2C(=O)OC(C)(C)C)c2sc(N3CCCCC3)c(S(C)(=O)=O)c21. The standard InChI is InChI=1S/C30H38N4O7S2/c1-29(2,3)40-27(36)33-20-12-11-18(17-35)15-19(20)16-21(33)22-24-23(34(31-22)28(37)41-30(4,5)6)25(43(7,38)39)26(42-24)32-13-9-8-10-14-32/h11-12,15-16,35H,8-10,13-14,17H2,1-7H3. The van der Waals surface area contributed by atoms with E-state index in [1.54, 1.807) is 65.8 Å². The van der Waals surface area contributed by atoms with E-state index in [0.717, 1.165) is 30.2 Å². The monoisotopic (exact) mass is 630 g/mol. The first kappa shape index (κ1) is 31.0. The molecule has 0 aliphatic carbocycles. The molecule has 0 saturated carbocycles. The summed E-state index contributed by atoms with van der Waals surface area (Å²) in [5.41, 5.74) is 0.150. The number of sulfone groups is 1. The molecular formula is C30H38N4O7S2. The zero-order valence-corrected chi connectivity index (χ0v) is 27.2. The largest absolute Gasteiger partial charge is 0.443 e. The van der Waals surface area contributed by atoms with Gasteiger partial charge >= 0.3 is 12.2 Å². The molecule has 0 atom stereocenters. The number of carbonyl (C=O) groups is 2. The summed E-state index contributed by atoms with van der Waals surface area (Å²) in [6.07, 6.45) is 2.52. The molecule has 1 aliphatic rings. The minimum absolute atomic E-state index is 0.0153. The van der Waals surface area contributed by atoms with Gasteiger partial charge in [-0.15, -0.1) is 11.3 Å². The molecular weight excluding hydrogens is 592 g/mol. The normalized spacial score (nSPS) is 14.9. The molecule has 0 amide bonds. The van der Waals surface area contributed by atoms with Gasteiger partial charge in [-0.25, -0.2) is 22.6 Å². The van der Waals surface area contributed by atoms with Crippen molar-refractivity contribution in [3.05, 3.63) is 29.8 Å². The molecule has 1 N–H and O–H groups in total. The van der Waals surface area contributed by atoms with Gasteiger partial charge in [-0.1, -0.05) is 6.07 Å². The Morgan fingerprint density at radius 2 is 1.60 bits per heavy atom. The van der Waals surface area contributed by atoms with Gasteiger partial charge < -0.3 is 19.5 Å². The van der Waals surface area contributed by atoms with E-state index in [1.807, 2.05) is 4.90 Å². The van der Waals surface area contributed by atoms with Crippen LogP contribution >= 0.6 is 11.3 Å². The number of carbonyl (C=O) groups excluding carboxylic acids is 2. The average Bonchev–Trinajstić information content (AvgIpc) is 3.56. The lowest BCUT2D eigenvalue weighted by atomic mass is 10.1. The fraction of sp³-hybridized carbons (Fsp3) is 0.500. The summed E-state index contributed by atoms with van der Waals surface area (Å²) in [4.78, 5) is 29.3. The van der Waals surface area contributed by atoms with Gasteiger partial charge in [0.1, 0.15) is 32.3 Å². The zero-order valence-electron chi connectivity index (χ0n) is 25.6. The number of aromatic nitrogens is 3. The van der Waals surface area contributed by atoms with Crippen LogP contribution < -0.4 is 4.90 Å². The maximum atomic E-state index is 13.7. The summed E-state index contributed by atoms with van der Waals surface area (Å²) in [5.74, 6) is 0. The molecule has 43 heavy (non-hydrogen) atoms. The molecule has 0 spiro atoms. The van der Waals surface area contributed by atoms with Gasteiger partial charge in [-0.05, 0) is 84.6 Å². The third kappa shape index (κ3) is 6.16. The van der Waals surface area contributed by atoms with Crippen molar-refractivity contribution in [2.75, 3.05) is 24.2 Å². The van der Waals surface area contributed by atoms with Crippen LogP contribution in [0, 0.1) is 0 Å². The highest BCUT2D eigenvalue weighted by Gasteiger charge is 2.35. The summed E-state index contributed by atoms with van der Waals surface area (Å²) in [6.45, 7) is 11.6. The number of nitrogens with zero attached hydrogens (tertiary/aromatic N) is 4. The van der Waals surface area contributed by atoms with E-state index in [9.17, 15) is 23.1 Å². The fourth-order valence-corrected chi connectivity index (χ4v) is 8.08. The third-order valence-electron chi connectivity index (χ3n) is 6.90. The van der Waals surface area contributed by atoms with E-state index in [2.05, 4.69) is 5.10 Å². The van der Waals surface area contributed by atoms with Crippen molar-refractivity contribution in [3.8, 4) is 11.4 Å². The predicted molar refractivity (Wildman–Crippen MR) is 167 cm³/mol. The van der Waals surface area contributed by atoms with Gasteiger partial charge in [0.15, 0.2) is 9.84 Å². The molecule has 1 aromatic carbocycles. The number of benzene rings is 1. The fourth-order valence-electron chi connectivity index (χ4n) is 5.23. The second-order valence-corrected chi connectivity index (χ2v) is 15.8. The van der Waals surface area contributed by atoms with Crippen LogP contribution in [-0.2, 0) is 25.9 Å². The van der Waals surface area contributed by atoms with Gasteiger partial charge in [0.2, 0.25) is 0 Å². The number of fused-ring (bicyclic) bond motifs is 2. The molecule has 1 saturated heterocycles. The maximum Gasteiger partial charge on any atom is 0.435 e. The van der Waals surface area contributed by atoms with Crippen LogP contribution in [0.5, 0.6) is 0 Å². The molecule has 0 radical (unpaired) electrons. The number of aliphatic hydroxyl groups excluding tert-OH is 1. The topological polar surface area (TPSA) is 133 Å². The number of ether oxygens (including phenoxy) is 2. The third-order valence-corrected chi connectivity index (χ3v) is 9.40. The molecule has 13 heteroatoms. The number of thiophene rings is 1. The van der Waals surface area contributed by atoms with Crippen LogP contribution in [0.25, 0.3) is 32.5 Å². The molecule has 1 fully saturated rings. The van der Waals surface area contributed by atoms with Gasteiger partial charge in [-0.3, -0.25) is 0 Å². The number of hydrogen-bond acceptors (Lipinski definition) is 10. The zero-order chi connectivity index (χ0) is 31.5. The van der Waals surface area contributed by atoms with E-state index in [0.29, 0.717) is 45.0 Å². The first-order valence-electron chi connectivity index (χ1n) is 14.2. The number of hydrogen-bond donors (Lipinski definition) is 1. The molecule has 1 aliphatic heterocycles. The first-order chi connectivity index (χ1) is 20.0. The van der Waals surface area contributed by atoms with Gasteiger partial charge in [0.25, 0.3) is 0 Å². The van der Waals surface area contributed by atoms with E-state index in [4.69, 9.17) is 9.47 Å². The quantitative estimate of drug-likeness (QED) is 0.281. The number of piperidine rings is 1. The number of anilines is 1. The smallest absolute Gasteiger partial charge is 0.435 e. The van der Waals surface area contributed by atoms with E-state index >= 15 is 0 Å². The van der Waals surface area contributed by atoms with Crippen molar-refractivity contribution in [3.63, 3.8) is 0 Å². The summed E-state index contributed by atoms with van der Waals surface area (Å²) in [5, 5.41) is 15.6. The Balaban J connectivity index is 1.87. The first-order valence-corrected chi connectivity index (χ1v) is 16.9. The van der Waals surface area contributed by atoms with Crippen molar-refractivity contribution in [1.29, 1.82) is 0 Å². The minimum atomic E-state index is -3.84. The van der Waals surface area contributed by atoms with E-state index < -0.39 is 33.2 Å². The van der Waals surface area contributed by atoms with Crippen molar-refractivity contribution < 1.29 is 32.6 Å². The molecule has 0 bridgehead atoms. The van der Waals surface area contributed by atoms with Crippen molar-refractivity contribution >= 4 is 59.5 Å². The molecule has 4 heterocycles. The highest BCUT2D eigenvalue weighted by molar-refractivity contribution is 7.91. The lowest BCUT2D eigenvalue weighted by molar-refractivity contribution is 0.0520. The number of aliphatic hydroxyl groups is 1. The Morgan fingerprint density at radius 3 is 2.19 bits per heavy atom. The number of rotatable bonds is 4. The highest BCUT2D eigenvalue weighted by atomic mass is 32.2. The van der Waals surface area contributed by atoms with E-state index in [1.165, 1.54) is 15.9 Å². The molecule has 232 valence electrons. The van der Waals surface area contributed by atoms with Crippen molar-refractivity contribution in [2.24, 2.45) is 0 Å². The van der Waals surface area contributed by atoms with Gasteiger partial charge in [0, 0.05) is 24.7 Å². The Labute approximate surface area is 254 Å². The molecule has 5 rings (SSSR count). The second kappa shape index (κ2) is 10.9. The minimum Gasteiger partial charge on any atom is -0.443 e. The lowest BCUT2D eigenvalue weighted by Gasteiger charge is -2.28. The molecule has 11 nitrogen and oxygen atoms in total. The van der Waals surface area contributed by atoms with Crippen molar-refractivity contribution in [1.82, 2.24) is 14.3 Å². The second-order valence-electron chi connectivity index (χ2n) is 12.9. The molecule has 0 unspecified atom stereocenters. The Hall–Kier alpha value is -3.42. The average molecular weight is 631 g/mol. The van der Waals surface area contributed by atoms with Gasteiger partial charge in [0.05, 0.1) is 22.5 Å². The highest BCUT2D eigenvalue weighted by Crippen LogP contribution is 2.47. The molecule has 3 aromatic heterocycles. The summed E-state index contributed by atoms with van der Waals surface area (Å²) in [7, 11) is -3.84. The molecule has 4 aromatic rings. The maximum absolute atomic E-state index is 13.7. The van der Waals surface area contributed by atoms with Crippen LogP contribution in [0.2, 0.25) is 0 Å². The summed E-state index contributed by atoms with van der Waals surface area (Å²) >= 11 is 1.24. The Kier molecular flexibility index (Phi) is 7.89. The van der Waals surface area contributed by atoms with Crippen LogP contribution in [-0.4, -0.2) is 70.6 Å². The van der Waals surface area contributed by atoms with Crippen LogP contribution in [0.3, 0.4) is 0 Å².